The molecule has 8 heteroatoms. The van der Waals surface area contributed by atoms with Crippen LogP contribution in [-0.2, 0) is 20.5 Å². The molecule has 0 saturated carbocycles. The lowest BCUT2D eigenvalue weighted by molar-refractivity contribution is 0.102. The van der Waals surface area contributed by atoms with E-state index < -0.39 is 10.0 Å². The standard InChI is InChI=1S/C21H25N3O4S/c1-14-15(2)23-20-8-7-17(12-19(14)20)21(25)24-18-6-4-5-16(11-18)13-29(26,27)22-9-10-28-3/h4-8,11-12,22-23H,9-10,13H2,1-3H3,(H,24,25). The van der Waals surface area contributed by atoms with Crippen molar-refractivity contribution in [3.8, 4) is 0 Å². The second-order valence-corrected chi connectivity index (χ2v) is 8.74. The molecule has 3 N–H and O–H groups in total. The molecule has 0 aliphatic carbocycles. The SMILES string of the molecule is COCCNS(=O)(=O)Cc1cccc(NC(=O)c2ccc3[nH]c(C)c(C)c3c2)c1. The highest BCUT2D eigenvalue weighted by Crippen LogP contribution is 2.23. The lowest BCUT2D eigenvalue weighted by Crippen LogP contribution is -2.28. The fourth-order valence-electron chi connectivity index (χ4n) is 3.11. The maximum absolute atomic E-state index is 12.7. The van der Waals surface area contributed by atoms with Gasteiger partial charge >= 0.3 is 0 Å². The normalized spacial score (nSPS) is 11.7. The Morgan fingerprint density at radius 2 is 1.93 bits per heavy atom. The number of hydrogen-bond donors (Lipinski definition) is 3. The number of aromatic nitrogens is 1. The van der Waals surface area contributed by atoms with Crippen LogP contribution in [0.2, 0.25) is 0 Å². The van der Waals surface area contributed by atoms with Gasteiger partial charge in [0.15, 0.2) is 0 Å². The van der Waals surface area contributed by atoms with Gasteiger partial charge in [-0.15, -0.1) is 0 Å². The van der Waals surface area contributed by atoms with Gasteiger partial charge in [0.2, 0.25) is 10.0 Å². The molecule has 0 unspecified atom stereocenters. The maximum atomic E-state index is 12.7. The van der Waals surface area contributed by atoms with E-state index >= 15 is 0 Å². The third-order valence-electron chi connectivity index (χ3n) is 4.74. The van der Waals surface area contributed by atoms with Crippen molar-refractivity contribution in [2.24, 2.45) is 0 Å². The summed E-state index contributed by atoms with van der Waals surface area (Å²) in [5.74, 6) is -0.419. The van der Waals surface area contributed by atoms with E-state index in [0.717, 1.165) is 22.2 Å². The molecule has 3 aromatic rings. The molecule has 7 nitrogen and oxygen atoms in total. The summed E-state index contributed by atoms with van der Waals surface area (Å²) in [5.41, 5.74) is 4.85. The Balaban J connectivity index is 1.73. The summed E-state index contributed by atoms with van der Waals surface area (Å²) in [7, 11) is -1.97. The van der Waals surface area contributed by atoms with Gasteiger partial charge in [0.25, 0.3) is 5.91 Å². The zero-order valence-electron chi connectivity index (χ0n) is 16.7. The fraction of sp³-hybridized carbons (Fsp3) is 0.286. The van der Waals surface area contributed by atoms with Crippen LogP contribution in [0.5, 0.6) is 0 Å². The maximum Gasteiger partial charge on any atom is 0.255 e. The molecule has 0 fully saturated rings. The van der Waals surface area contributed by atoms with E-state index in [1.165, 1.54) is 7.11 Å². The molecule has 3 rings (SSSR count). The number of carbonyl (C=O) groups excluding carboxylic acids is 1. The molecule has 0 aliphatic heterocycles. The predicted octanol–water partition coefficient (Wildman–Crippen LogP) is 3.10. The van der Waals surface area contributed by atoms with Crippen molar-refractivity contribution in [3.05, 3.63) is 64.8 Å². The second kappa shape index (κ2) is 8.77. The van der Waals surface area contributed by atoms with Crippen LogP contribution in [0.4, 0.5) is 5.69 Å². The summed E-state index contributed by atoms with van der Waals surface area (Å²) in [6.45, 7) is 4.54. The number of aromatic amines is 1. The predicted molar refractivity (Wildman–Crippen MR) is 115 cm³/mol. The molecule has 0 bridgehead atoms. The minimum absolute atomic E-state index is 0.172. The summed E-state index contributed by atoms with van der Waals surface area (Å²) in [4.78, 5) is 16.0. The Labute approximate surface area is 170 Å². The number of fused-ring (bicyclic) bond motifs is 1. The van der Waals surface area contributed by atoms with Gasteiger partial charge in [-0.2, -0.15) is 0 Å². The zero-order valence-corrected chi connectivity index (χ0v) is 17.5. The highest BCUT2D eigenvalue weighted by Gasteiger charge is 2.13. The molecule has 0 spiro atoms. The van der Waals surface area contributed by atoms with Crippen molar-refractivity contribution in [1.82, 2.24) is 9.71 Å². The number of hydrogen-bond acceptors (Lipinski definition) is 4. The third-order valence-corrected chi connectivity index (χ3v) is 6.10. The van der Waals surface area contributed by atoms with Crippen LogP contribution in [0.1, 0.15) is 27.2 Å². The Morgan fingerprint density at radius 3 is 2.69 bits per heavy atom. The highest BCUT2D eigenvalue weighted by atomic mass is 32.2. The minimum Gasteiger partial charge on any atom is -0.383 e. The van der Waals surface area contributed by atoms with Gasteiger partial charge in [-0.3, -0.25) is 4.79 Å². The quantitative estimate of drug-likeness (QED) is 0.492. The van der Waals surface area contributed by atoms with Gasteiger partial charge in [-0.25, -0.2) is 13.1 Å². The molecule has 29 heavy (non-hydrogen) atoms. The largest absolute Gasteiger partial charge is 0.383 e. The number of H-pyrrole nitrogens is 1. The summed E-state index contributed by atoms with van der Waals surface area (Å²) in [6.07, 6.45) is 0. The monoisotopic (exact) mass is 415 g/mol. The second-order valence-electron chi connectivity index (χ2n) is 6.94. The van der Waals surface area contributed by atoms with Gasteiger partial charge in [0.05, 0.1) is 12.4 Å². The zero-order chi connectivity index (χ0) is 21.0. The lowest BCUT2D eigenvalue weighted by atomic mass is 10.1. The number of aryl methyl sites for hydroxylation is 2. The Kier molecular flexibility index (Phi) is 6.36. The topological polar surface area (TPSA) is 100 Å². The minimum atomic E-state index is -3.48. The van der Waals surface area contributed by atoms with E-state index in [0.29, 0.717) is 23.4 Å². The molecule has 2 aromatic carbocycles. The van der Waals surface area contributed by atoms with Crippen molar-refractivity contribution in [3.63, 3.8) is 0 Å². The van der Waals surface area contributed by atoms with Crippen molar-refractivity contribution in [2.75, 3.05) is 25.6 Å². The molecule has 1 amide bonds. The average molecular weight is 416 g/mol. The number of rotatable bonds is 8. The molecule has 1 aromatic heterocycles. The van der Waals surface area contributed by atoms with Crippen molar-refractivity contribution in [2.45, 2.75) is 19.6 Å². The van der Waals surface area contributed by atoms with E-state index in [9.17, 15) is 13.2 Å². The average Bonchev–Trinajstić information content (AvgIpc) is 2.95. The van der Waals surface area contributed by atoms with Crippen LogP contribution in [0, 0.1) is 13.8 Å². The van der Waals surface area contributed by atoms with Crippen LogP contribution in [0.3, 0.4) is 0 Å². The molecule has 0 aliphatic rings. The fourth-order valence-corrected chi connectivity index (χ4v) is 4.23. The van der Waals surface area contributed by atoms with E-state index in [2.05, 4.69) is 15.0 Å². The van der Waals surface area contributed by atoms with E-state index in [-0.39, 0.29) is 18.2 Å². The van der Waals surface area contributed by atoms with Crippen LogP contribution < -0.4 is 10.0 Å². The van der Waals surface area contributed by atoms with Crippen LogP contribution in [-0.4, -0.2) is 39.6 Å². The first-order valence-corrected chi connectivity index (χ1v) is 10.9. The first-order chi connectivity index (χ1) is 13.8. The molecule has 1 heterocycles. The summed E-state index contributed by atoms with van der Waals surface area (Å²) < 4.78 is 31.6. The molecular formula is C21H25N3O4S. The number of benzene rings is 2. The third kappa shape index (κ3) is 5.23. The van der Waals surface area contributed by atoms with Crippen molar-refractivity contribution in [1.29, 1.82) is 0 Å². The number of ether oxygens (including phenoxy) is 1. The van der Waals surface area contributed by atoms with Crippen molar-refractivity contribution < 1.29 is 17.9 Å². The molecule has 0 radical (unpaired) electrons. The van der Waals surface area contributed by atoms with E-state index in [1.54, 1.807) is 30.3 Å². The Morgan fingerprint density at radius 1 is 1.14 bits per heavy atom. The number of nitrogens with one attached hydrogen (secondary N) is 3. The van der Waals surface area contributed by atoms with E-state index in [4.69, 9.17) is 4.74 Å². The number of carbonyl (C=O) groups is 1. The number of anilines is 1. The van der Waals surface area contributed by atoms with Gasteiger partial charge in [0.1, 0.15) is 0 Å². The summed E-state index contributed by atoms with van der Waals surface area (Å²) >= 11 is 0. The Hall–Kier alpha value is -2.68. The van der Waals surface area contributed by atoms with Crippen LogP contribution in [0.15, 0.2) is 42.5 Å². The first-order valence-electron chi connectivity index (χ1n) is 9.24. The first kappa shape index (κ1) is 21.0. The van der Waals surface area contributed by atoms with Gasteiger partial charge in [-0.1, -0.05) is 12.1 Å². The number of amides is 1. The smallest absolute Gasteiger partial charge is 0.255 e. The Bertz CT molecular complexity index is 1140. The van der Waals surface area contributed by atoms with E-state index in [1.807, 2.05) is 26.0 Å². The summed E-state index contributed by atoms with van der Waals surface area (Å²) in [6, 6.07) is 12.3. The summed E-state index contributed by atoms with van der Waals surface area (Å²) in [5, 5.41) is 3.85. The van der Waals surface area contributed by atoms with Gasteiger partial charge < -0.3 is 15.0 Å². The molecule has 0 saturated heterocycles. The molecule has 0 atom stereocenters. The number of sulfonamides is 1. The van der Waals surface area contributed by atoms with Gasteiger partial charge in [0, 0.05) is 41.5 Å². The van der Waals surface area contributed by atoms with Crippen LogP contribution in [0.25, 0.3) is 10.9 Å². The van der Waals surface area contributed by atoms with Crippen molar-refractivity contribution >= 4 is 32.5 Å². The molecule has 154 valence electrons. The number of methoxy groups -OCH3 is 1. The highest BCUT2D eigenvalue weighted by molar-refractivity contribution is 7.88. The van der Waals surface area contributed by atoms with Crippen LogP contribution >= 0.6 is 0 Å². The van der Waals surface area contributed by atoms with Gasteiger partial charge in [-0.05, 0) is 55.3 Å². The lowest BCUT2D eigenvalue weighted by Gasteiger charge is -2.09. The molecular weight excluding hydrogens is 390 g/mol.